The lowest BCUT2D eigenvalue weighted by atomic mass is 10.1. The minimum Gasteiger partial charge on any atom is -0.0622 e. The maximum absolute atomic E-state index is 2.32. The molecule has 0 radical (unpaired) electrons. The van der Waals surface area contributed by atoms with Crippen LogP contribution < -0.4 is 21.2 Å². The van der Waals surface area contributed by atoms with Crippen molar-refractivity contribution in [3.63, 3.8) is 0 Å². The fourth-order valence-corrected chi connectivity index (χ4v) is 9.33. The quantitative estimate of drug-likeness (QED) is 0.136. The third-order valence-corrected chi connectivity index (χ3v) is 11.5. The SMILES string of the molecule is c1ccc(P(CCCCCCCCP(c2ccccc2)c2ccccc2)c2ccccc2)cc1. The molecule has 4 rings (SSSR count). The Kier molecular flexibility index (Phi) is 10.4. The summed E-state index contributed by atoms with van der Waals surface area (Å²) in [5, 5.41) is 6.05. The van der Waals surface area contributed by atoms with Crippen LogP contribution in [0.1, 0.15) is 38.5 Å². The highest BCUT2D eigenvalue weighted by molar-refractivity contribution is 7.73. The van der Waals surface area contributed by atoms with E-state index in [4.69, 9.17) is 0 Å². The Morgan fingerprint density at radius 1 is 0.294 bits per heavy atom. The van der Waals surface area contributed by atoms with Crippen LogP contribution in [-0.2, 0) is 0 Å². The molecule has 174 valence electrons. The average molecular weight is 483 g/mol. The molecule has 0 heterocycles. The number of rotatable bonds is 13. The minimum absolute atomic E-state index is 0.236. The Hall–Kier alpha value is -2.26. The van der Waals surface area contributed by atoms with E-state index in [0.717, 1.165) is 0 Å². The van der Waals surface area contributed by atoms with E-state index in [1.54, 1.807) is 0 Å². The third-order valence-electron chi connectivity index (χ3n) is 6.28. The van der Waals surface area contributed by atoms with E-state index in [1.165, 1.54) is 72.1 Å². The maximum Gasteiger partial charge on any atom is -0.0195 e. The molecule has 0 nitrogen and oxygen atoms in total. The zero-order valence-electron chi connectivity index (χ0n) is 20.1. The minimum atomic E-state index is -0.236. The molecule has 4 aromatic carbocycles. The van der Waals surface area contributed by atoms with E-state index in [9.17, 15) is 0 Å². The van der Waals surface area contributed by atoms with Gasteiger partial charge in [-0.3, -0.25) is 0 Å². The van der Waals surface area contributed by atoms with Crippen molar-refractivity contribution < 1.29 is 0 Å². The van der Waals surface area contributed by atoms with Crippen molar-refractivity contribution in [3.8, 4) is 0 Å². The molecule has 0 unspecified atom stereocenters. The molecule has 0 bridgehead atoms. The highest BCUT2D eigenvalue weighted by atomic mass is 31.1. The standard InChI is InChI=1S/C32H36P2/c1(3-17-27-33(29-19-9-5-10-20-29)30-21-11-6-12-22-30)2-4-18-28-34(31-23-13-7-14-24-31)32-25-15-8-16-26-32/h5-16,19-26H,1-4,17-18,27-28H2. The molecule has 0 atom stereocenters. The summed E-state index contributed by atoms with van der Waals surface area (Å²) in [6.07, 6.45) is 10.7. The zero-order chi connectivity index (χ0) is 23.3. The third kappa shape index (κ3) is 7.63. The van der Waals surface area contributed by atoms with E-state index >= 15 is 0 Å². The number of unbranched alkanes of at least 4 members (excludes halogenated alkanes) is 5. The second kappa shape index (κ2) is 14.2. The van der Waals surface area contributed by atoms with Crippen LogP contribution in [0.4, 0.5) is 0 Å². The number of hydrogen-bond acceptors (Lipinski definition) is 0. The molecule has 0 spiro atoms. The van der Waals surface area contributed by atoms with Crippen LogP contribution in [0.15, 0.2) is 121 Å². The maximum atomic E-state index is 2.32. The summed E-state index contributed by atoms with van der Waals surface area (Å²) in [6.45, 7) is 0. The molecule has 0 aromatic heterocycles. The summed E-state index contributed by atoms with van der Waals surface area (Å²) in [4.78, 5) is 0. The lowest BCUT2D eigenvalue weighted by molar-refractivity contribution is 0.628. The van der Waals surface area contributed by atoms with E-state index < -0.39 is 0 Å². The normalized spacial score (nSPS) is 11.2. The molecule has 34 heavy (non-hydrogen) atoms. The average Bonchev–Trinajstić information content (AvgIpc) is 2.92. The molecular weight excluding hydrogens is 446 g/mol. The van der Waals surface area contributed by atoms with Gasteiger partial charge in [0.15, 0.2) is 0 Å². The summed E-state index contributed by atoms with van der Waals surface area (Å²) in [5.74, 6) is 0. The Morgan fingerprint density at radius 2 is 0.529 bits per heavy atom. The van der Waals surface area contributed by atoms with Crippen LogP contribution in [0.25, 0.3) is 0 Å². The van der Waals surface area contributed by atoms with Gasteiger partial charge >= 0.3 is 0 Å². The van der Waals surface area contributed by atoms with Crippen molar-refractivity contribution >= 4 is 37.1 Å². The Morgan fingerprint density at radius 3 is 0.794 bits per heavy atom. The Labute approximate surface area is 209 Å². The van der Waals surface area contributed by atoms with Crippen molar-refractivity contribution in [2.45, 2.75) is 38.5 Å². The van der Waals surface area contributed by atoms with Gasteiger partial charge in [-0.2, -0.15) is 0 Å². The monoisotopic (exact) mass is 482 g/mol. The van der Waals surface area contributed by atoms with Crippen molar-refractivity contribution in [1.29, 1.82) is 0 Å². The van der Waals surface area contributed by atoms with Gasteiger partial charge in [-0.25, -0.2) is 0 Å². The van der Waals surface area contributed by atoms with Gasteiger partial charge in [0, 0.05) is 0 Å². The van der Waals surface area contributed by atoms with Crippen molar-refractivity contribution in [3.05, 3.63) is 121 Å². The molecule has 0 aliphatic heterocycles. The fourth-order valence-electron chi connectivity index (χ4n) is 4.49. The topological polar surface area (TPSA) is 0 Å². The molecular formula is C32H36P2. The Balaban J connectivity index is 1.21. The van der Waals surface area contributed by atoms with Crippen molar-refractivity contribution in [1.82, 2.24) is 0 Å². The predicted molar refractivity (Wildman–Crippen MR) is 156 cm³/mol. The lowest BCUT2D eigenvalue weighted by Crippen LogP contribution is -2.14. The van der Waals surface area contributed by atoms with Gasteiger partial charge in [-0.05, 0) is 62.2 Å². The number of benzene rings is 4. The molecule has 0 aliphatic carbocycles. The lowest BCUT2D eigenvalue weighted by Gasteiger charge is -2.19. The molecule has 0 aliphatic rings. The van der Waals surface area contributed by atoms with Gasteiger partial charge in [-0.15, -0.1) is 0 Å². The molecule has 0 saturated heterocycles. The molecule has 2 heteroatoms. The van der Waals surface area contributed by atoms with Crippen LogP contribution in [0.3, 0.4) is 0 Å². The van der Waals surface area contributed by atoms with Crippen LogP contribution >= 0.6 is 15.8 Å². The highest BCUT2D eigenvalue weighted by Crippen LogP contribution is 2.36. The second-order valence-corrected chi connectivity index (χ2v) is 13.4. The van der Waals surface area contributed by atoms with E-state index in [2.05, 4.69) is 121 Å². The fraction of sp³-hybridized carbons (Fsp3) is 0.250. The first-order valence-electron chi connectivity index (χ1n) is 12.7. The van der Waals surface area contributed by atoms with Gasteiger partial charge in [0.25, 0.3) is 0 Å². The molecule has 0 N–H and O–H groups in total. The van der Waals surface area contributed by atoms with Crippen molar-refractivity contribution in [2.75, 3.05) is 12.3 Å². The van der Waals surface area contributed by atoms with Gasteiger partial charge in [-0.1, -0.05) is 147 Å². The van der Waals surface area contributed by atoms with Crippen LogP contribution in [0, 0.1) is 0 Å². The second-order valence-electron chi connectivity index (χ2n) is 8.77. The summed E-state index contributed by atoms with van der Waals surface area (Å²) >= 11 is 0. The summed E-state index contributed by atoms with van der Waals surface area (Å²) < 4.78 is 0. The largest absolute Gasteiger partial charge is 0.0622 e. The smallest absolute Gasteiger partial charge is 0.0195 e. The molecule has 0 saturated carbocycles. The molecule has 0 fully saturated rings. The van der Waals surface area contributed by atoms with Gasteiger partial charge in [0.2, 0.25) is 0 Å². The summed E-state index contributed by atoms with van der Waals surface area (Å²) in [5.41, 5.74) is 0. The first-order chi connectivity index (χ1) is 16.9. The summed E-state index contributed by atoms with van der Waals surface area (Å²) in [7, 11) is -0.472. The first kappa shape index (κ1) is 24.9. The zero-order valence-corrected chi connectivity index (χ0v) is 21.9. The first-order valence-corrected chi connectivity index (χ1v) is 15.7. The van der Waals surface area contributed by atoms with Crippen LogP contribution in [0.5, 0.6) is 0 Å². The summed E-state index contributed by atoms with van der Waals surface area (Å²) in [6, 6.07) is 44.5. The number of hydrogen-bond donors (Lipinski definition) is 0. The molecule has 4 aromatic rings. The van der Waals surface area contributed by atoms with Gasteiger partial charge in [0.05, 0.1) is 0 Å². The van der Waals surface area contributed by atoms with E-state index in [-0.39, 0.29) is 15.8 Å². The Bertz CT molecular complexity index is 881. The van der Waals surface area contributed by atoms with Crippen LogP contribution in [-0.4, -0.2) is 12.3 Å². The van der Waals surface area contributed by atoms with E-state index in [1.807, 2.05) is 0 Å². The van der Waals surface area contributed by atoms with Crippen LogP contribution in [0.2, 0.25) is 0 Å². The van der Waals surface area contributed by atoms with Crippen molar-refractivity contribution in [2.24, 2.45) is 0 Å². The highest BCUT2D eigenvalue weighted by Gasteiger charge is 2.14. The van der Waals surface area contributed by atoms with E-state index in [0.29, 0.717) is 0 Å². The van der Waals surface area contributed by atoms with Gasteiger partial charge < -0.3 is 0 Å². The van der Waals surface area contributed by atoms with Gasteiger partial charge in [0.1, 0.15) is 0 Å². The molecule has 0 amide bonds. The predicted octanol–water partition coefficient (Wildman–Crippen LogP) is 7.59.